The van der Waals surface area contributed by atoms with Crippen LogP contribution in [0.5, 0.6) is 0 Å². The fraction of sp³-hybridized carbons (Fsp3) is 0.143. The van der Waals surface area contributed by atoms with Gasteiger partial charge in [0.2, 0.25) is 0 Å². The first kappa shape index (κ1) is 13.5. The molecule has 1 unspecified atom stereocenters. The minimum Gasteiger partial charge on any atom is -0.204 e. The molecule has 0 radical (unpaired) electrons. The van der Waals surface area contributed by atoms with Crippen LogP contribution in [-0.2, 0) is 6.42 Å². The van der Waals surface area contributed by atoms with Crippen molar-refractivity contribution in [3.05, 3.63) is 69.7 Å². The van der Waals surface area contributed by atoms with Crippen LogP contribution in [0.25, 0.3) is 0 Å². The van der Waals surface area contributed by atoms with Crippen LogP contribution >= 0.6 is 27.5 Å². The van der Waals surface area contributed by atoms with E-state index in [-0.39, 0.29) is 5.38 Å². The molecule has 0 aromatic heterocycles. The molecular formula is C14H10BrClF2. The Morgan fingerprint density at radius 3 is 2.28 bits per heavy atom. The van der Waals surface area contributed by atoms with E-state index in [0.717, 1.165) is 22.2 Å². The number of benzene rings is 2. The first-order valence-electron chi connectivity index (χ1n) is 5.40. The fourth-order valence-electron chi connectivity index (χ4n) is 1.65. The topological polar surface area (TPSA) is 0 Å². The molecule has 94 valence electrons. The van der Waals surface area contributed by atoms with E-state index in [9.17, 15) is 8.78 Å². The highest BCUT2D eigenvalue weighted by atomic mass is 79.9. The Morgan fingerprint density at radius 2 is 1.67 bits per heavy atom. The minimum absolute atomic E-state index is 0.374. The first-order valence-corrected chi connectivity index (χ1v) is 6.62. The van der Waals surface area contributed by atoms with Crippen LogP contribution in [0.1, 0.15) is 16.5 Å². The molecular weight excluding hydrogens is 322 g/mol. The Labute approximate surface area is 118 Å². The predicted octanol–water partition coefficient (Wildman–Crippen LogP) is 5.25. The number of rotatable bonds is 3. The molecule has 4 heteroatoms. The summed E-state index contributed by atoms with van der Waals surface area (Å²) in [7, 11) is 0. The second-order valence-corrected chi connectivity index (χ2v) is 5.41. The van der Waals surface area contributed by atoms with Gasteiger partial charge in [0.1, 0.15) is 0 Å². The lowest BCUT2D eigenvalue weighted by molar-refractivity contribution is 0.507. The predicted molar refractivity (Wildman–Crippen MR) is 72.8 cm³/mol. The van der Waals surface area contributed by atoms with Crippen LogP contribution in [0.15, 0.2) is 46.9 Å². The van der Waals surface area contributed by atoms with E-state index in [4.69, 9.17) is 11.6 Å². The fourth-order valence-corrected chi connectivity index (χ4v) is 2.23. The van der Waals surface area contributed by atoms with Gasteiger partial charge in [0.05, 0.1) is 5.38 Å². The lowest BCUT2D eigenvalue weighted by Gasteiger charge is -2.10. The standard InChI is InChI=1S/C14H10BrClF2/c15-11-4-1-9(2-5-11)7-12(16)10-3-6-13(17)14(18)8-10/h1-6,8,12H,7H2. The second-order valence-electron chi connectivity index (χ2n) is 3.97. The number of halogens is 4. The van der Waals surface area contributed by atoms with E-state index < -0.39 is 11.6 Å². The van der Waals surface area contributed by atoms with Crippen molar-refractivity contribution in [1.82, 2.24) is 0 Å². The second kappa shape index (κ2) is 5.81. The highest BCUT2D eigenvalue weighted by Gasteiger charge is 2.11. The number of alkyl halides is 1. The summed E-state index contributed by atoms with van der Waals surface area (Å²) in [6.45, 7) is 0. The molecule has 0 saturated heterocycles. The van der Waals surface area contributed by atoms with Crippen molar-refractivity contribution >= 4 is 27.5 Å². The van der Waals surface area contributed by atoms with Gasteiger partial charge in [0.25, 0.3) is 0 Å². The number of hydrogen-bond acceptors (Lipinski definition) is 0. The zero-order chi connectivity index (χ0) is 13.1. The van der Waals surface area contributed by atoms with Crippen LogP contribution in [-0.4, -0.2) is 0 Å². The van der Waals surface area contributed by atoms with Gasteiger partial charge in [-0.1, -0.05) is 34.1 Å². The minimum atomic E-state index is -0.867. The SMILES string of the molecule is Fc1ccc(C(Cl)Cc2ccc(Br)cc2)cc1F. The Balaban J connectivity index is 2.13. The Morgan fingerprint density at radius 1 is 1.00 bits per heavy atom. The van der Waals surface area contributed by atoms with Gasteiger partial charge in [-0.05, 0) is 41.8 Å². The summed E-state index contributed by atoms with van der Waals surface area (Å²) in [6.07, 6.45) is 0.569. The Bertz CT molecular complexity index is 540. The molecule has 0 amide bonds. The van der Waals surface area contributed by atoms with E-state index in [0.29, 0.717) is 12.0 Å². The summed E-state index contributed by atoms with van der Waals surface area (Å²) in [5.74, 6) is -1.72. The summed E-state index contributed by atoms with van der Waals surface area (Å²) < 4.78 is 26.9. The van der Waals surface area contributed by atoms with Crippen molar-refractivity contribution in [2.75, 3.05) is 0 Å². The highest BCUT2D eigenvalue weighted by molar-refractivity contribution is 9.10. The third-order valence-corrected chi connectivity index (χ3v) is 3.57. The zero-order valence-corrected chi connectivity index (χ0v) is 11.7. The van der Waals surface area contributed by atoms with Gasteiger partial charge in [-0.3, -0.25) is 0 Å². The molecule has 1 atom stereocenters. The highest BCUT2D eigenvalue weighted by Crippen LogP contribution is 2.26. The smallest absolute Gasteiger partial charge is 0.159 e. The molecule has 0 bridgehead atoms. The summed E-state index contributed by atoms with van der Waals surface area (Å²) in [4.78, 5) is 0. The average Bonchev–Trinajstić information content (AvgIpc) is 2.35. The van der Waals surface area contributed by atoms with Crippen LogP contribution < -0.4 is 0 Å². The van der Waals surface area contributed by atoms with Crippen molar-refractivity contribution < 1.29 is 8.78 Å². The first-order chi connectivity index (χ1) is 8.56. The third kappa shape index (κ3) is 3.30. The molecule has 2 aromatic rings. The molecule has 2 rings (SSSR count). The molecule has 0 saturated carbocycles. The summed E-state index contributed by atoms with van der Waals surface area (Å²) in [6, 6.07) is 11.5. The van der Waals surface area contributed by atoms with Crippen molar-refractivity contribution in [3.63, 3.8) is 0 Å². The monoisotopic (exact) mass is 330 g/mol. The molecule has 0 spiro atoms. The molecule has 0 nitrogen and oxygen atoms in total. The normalized spacial score (nSPS) is 12.4. The largest absolute Gasteiger partial charge is 0.204 e. The van der Waals surface area contributed by atoms with Crippen molar-refractivity contribution in [2.24, 2.45) is 0 Å². The maximum Gasteiger partial charge on any atom is 0.159 e. The van der Waals surface area contributed by atoms with Gasteiger partial charge in [-0.25, -0.2) is 8.78 Å². The third-order valence-electron chi connectivity index (χ3n) is 2.63. The van der Waals surface area contributed by atoms with E-state index in [2.05, 4.69) is 15.9 Å². The molecule has 18 heavy (non-hydrogen) atoms. The van der Waals surface area contributed by atoms with E-state index in [1.165, 1.54) is 6.07 Å². The molecule has 0 N–H and O–H groups in total. The molecule has 0 heterocycles. The molecule has 2 aromatic carbocycles. The van der Waals surface area contributed by atoms with E-state index >= 15 is 0 Å². The van der Waals surface area contributed by atoms with Gasteiger partial charge in [0.15, 0.2) is 11.6 Å². The lowest BCUT2D eigenvalue weighted by atomic mass is 10.0. The van der Waals surface area contributed by atoms with E-state index in [1.54, 1.807) is 0 Å². The van der Waals surface area contributed by atoms with Crippen molar-refractivity contribution in [2.45, 2.75) is 11.8 Å². The van der Waals surface area contributed by atoms with Gasteiger partial charge >= 0.3 is 0 Å². The van der Waals surface area contributed by atoms with Crippen LogP contribution in [0.4, 0.5) is 8.78 Å². The van der Waals surface area contributed by atoms with Crippen LogP contribution in [0, 0.1) is 11.6 Å². The van der Waals surface area contributed by atoms with Crippen LogP contribution in [0.2, 0.25) is 0 Å². The molecule has 0 aliphatic rings. The Kier molecular flexibility index (Phi) is 4.36. The quantitative estimate of drug-likeness (QED) is 0.674. The van der Waals surface area contributed by atoms with Gasteiger partial charge in [-0.15, -0.1) is 11.6 Å². The van der Waals surface area contributed by atoms with E-state index in [1.807, 2.05) is 24.3 Å². The van der Waals surface area contributed by atoms with Gasteiger partial charge < -0.3 is 0 Å². The summed E-state index contributed by atoms with van der Waals surface area (Å²) in [5, 5.41) is -0.374. The van der Waals surface area contributed by atoms with Crippen molar-refractivity contribution in [3.8, 4) is 0 Å². The maximum atomic E-state index is 13.1. The van der Waals surface area contributed by atoms with Gasteiger partial charge in [-0.2, -0.15) is 0 Å². The molecule has 0 aliphatic carbocycles. The molecule has 0 fully saturated rings. The Hall–Kier alpha value is -0.930. The zero-order valence-electron chi connectivity index (χ0n) is 9.34. The molecule has 0 aliphatic heterocycles. The maximum absolute atomic E-state index is 13.1. The summed E-state index contributed by atoms with van der Waals surface area (Å²) in [5.41, 5.74) is 1.63. The average molecular weight is 332 g/mol. The number of hydrogen-bond donors (Lipinski definition) is 0. The van der Waals surface area contributed by atoms with Crippen molar-refractivity contribution in [1.29, 1.82) is 0 Å². The van der Waals surface area contributed by atoms with Crippen LogP contribution in [0.3, 0.4) is 0 Å². The lowest BCUT2D eigenvalue weighted by Crippen LogP contribution is -1.97. The summed E-state index contributed by atoms with van der Waals surface area (Å²) >= 11 is 9.55. The van der Waals surface area contributed by atoms with Gasteiger partial charge in [0, 0.05) is 4.47 Å².